The molecule has 1 N–H and O–H groups in total. The van der Waals surface area contributed by atoms with Crippen LogP contribution in [0.3, 0.4) is 0 Å². The summed E-state index contributed by atoms with van der Waals surface area (Å²) in [5, 5.41) is 3.28. The minimum atomic E-state index is 0.135. The van der Waals surface area contributed by atoms with E-state index in [-0.39, 0.29) is 6.23 Å². The zero-order valence-electron chi connectivity index (χ0n) is 7.14. The van der Waals surface area contributed by atoms with Gasteiger partial charge in [0.1, 0.15) is 6.23 Å². The van der Waals surface area contributed by atoms with Crippen molar-refractivity contribution in [1.29, 1.82) is 0 Å². The molecule has 0 aromatic rings. The number of rotatable bonds is 4. The predicted octanol–water partition coefficient (Wildman–Crippen LogP) is 0.749. The summed E-state index contributed by atoms with van der Waals surface area (Å²) >= 11 is 0. The fraction of sp³-hybridized carbons (Fsp3) is 1.00. The molecule has 1 unspecified atom stereocenters. The highest BCUT2D eigenvalue weighted by Crippen LogP contribution is 1.97. The fourth-order valence-electron chi connectivity index (χ4n) is 1.05. The van der Waals surface area contributed by atoms with Crippen LogP contribution in [0.2, 0.25) is 0 Å². The zero-order valence-corrected chi connectivity index (χ0v) is 7.14. The van der Waals surface area contributed by atoms with Crippen molar-refractivity contribution >= 4 is 0 Å². The van der Waals surface area contributed by atoms with Crippen molar-refractivity contribution in [3.63, 3.8) is 0 Å². The van der Waals surface area contributed by atoms with E-state index in [0.29, 0.717) is 6.61 Å². The molecular formula is C8H17NO2. The summed E-state index contributed by atoms with van der Waals surface area (Å²) < 4.78 is 10.6. The molecule has 0 saturated carbocycles. The minimum Gasteiger partial charge on any atom is -0.375 e. The van der Waals surface area contributed by atoms with E-state index in [2.05, 4.69) is 12.2 Å². The van der Waals surface area contributed by atoms with Crippen LogP contribution in [0.25, 0.3) is 0 Å². The first-order chi connectivity index (χ1) is 5.43. The highest BCUT2D eigenvalue weighted by Gasteiger charge is 2.11. The second kappa shape index (κ2) is 5.52. The maximum atomic E-state index is 5.39. The van der Waals surface area contributed by atoms with Gasteiger partial charge in [-0.3, -0.25) is 5.32 Å². The predicted molar refractivity (Wildman–Crippen MR) is 43.5 cm³/mol. The molecule has 1 heterocycles. The Balaban J connectivity index is 1.96. The molecule has 66 valence electrons. The van der Waals surface area contributed by atoms with Gasteiger partial charge in [-0.05, 0) is 13.0 Å². The number of unbranched alkanes of at least 4 members (excludes halogenated alkanes) is 1. The third-order valence-electron chi connectivity index (χ3n) is 1.72. The number of nitrogens with one attached hydrogen (secondary N) is 1. The molecule has 0 aromatic carbocycles. The Morgan fingerprint density at radius 3 is 3.00 bits per heavy atom. The van der Waals surface area contributed by atoms with E-state index in [1.165, 1.54) is 12.8 Å². The van der Waals surface area contributed by atoms with Crippen molar-refractivity contribution in [2.24, 2.45) is 0 Å². The van der Waals surface area contributed by atoms with Crippen molar-refractivity contribution < 1.29 is 9.47 Å². The topological polar surface area (TPSA) is 30.5 Å². The van der Waals surface area contributed by atoms with Gasteiger partial charge in [0.2, 0.25) is 0 Å². The molecule has 1 fully saturated rings. The second-order valence-corrected chi connectivity index (χ2v) is 2.74. The van der Waals surface area contributed by atoms with Crippen LogP contribution in [-0.2, 0) is 9.47 Å². The first-order valence-corrected chi connectivity index (χ1v) is 4.36. The lowest BCUT2D eigenvalue weighted by Crippen LogP contribution is -2.40. The van der Waals surface area contributed by atoms with Gasteiger partial charge < -0.3 is 9.47 Å². The molecule has 11 heavy (non-hydrogen) atoms. The van der Waals surface area contributed by atoms with E-state index in [4.69, 9.17) is 9.47 Å². The largest absolute Gasteiger partial charge is 0.375 e. The van der Waals surface area contributed by atoms with Gasteiger partial charge in [0.15, 0.2) is 0 Å². The Bertz CT molecular complexity index is 92.1. The maximum Gasteiger partial charge on any atom is 0.131 e. The standard InChI is InChI=1S/C8H17NO2/c1-2-3-4-9-8-7-10-5-6-11-8/h8-9H,2-7H2,1H3. The lowest BCUT2D eigenvalue weighted by atomic mass is 10.3. The molecule has 1 aliphatic rings. The van der Waals surface area contributed by atoms with E-state index in [0.717, 1.165) is 19.8 Å². The summed E-state index contributed by atoms with van der Waals surface area (Å²) in [6, 6.07) is 0. The summed E-state index contributed by atoms with van der Waals surface area (Å²) in [4.78, 5) is 0. The van der Waals surface area contributed by atoms with E-state index < -0.39 is 0 Å². The van der Waals surface area contributed by atoms with Gasteiger partial charge in [-0.2, -0.15) is 0 Å². The van der Waals surface area contributed by atoms with E-state index >= 15 is 0 Å². The van der Waals surface area contributed by atoms with Crippen LogP contribution in [-0.4, -0.2) is 32.6 Å². The molecule has 1 atom stereocenters. The smallest absolute Gasteiger partial charge is 0.131 e. The van der Waals surface area contributed by atoms with Crippen molar-refractivity contribution in [3.05, 3.63) is 0 Å². The highest BCUT2D eigenvalue weighted by molar-refractivity contribution is 4.57. The van der Waals surface area contributed by atoms with E-state index in [1.54, 1.807) is 0 Å². The third-order valence-corrected chi connectivity index (χ3v) is 1.72. The normalized spacial score (nSPS) is 25.4. The van der Waals surface area contributed by atoms with Gasteiger partial charge in [0.25, 0.3) is 0 Å². The highest BCUT2D eigenvalue weighted by atomic mass is 16.6. The molecule has 1 rings (SSSR count). The van der Waals surface area contributed by atoms with E-state index in [9.17, 15) is 0 Å². The monoisotopic (exact) mass is 159 g/mol. The van der Waals surface area contributed by atoms with Crippen molar-refractivity contribution in [2.45, 2.75) is 26.0 Å². The molecule has 0 bridgehead atoms. The molecule has 0 radical (unpaired) electrons. The molecule has 0 aromatic heterocycles. The average molecular weight is 159 g/mol. The molecule has 3 heteroatoms. The lowest BCUT2D eigenvalue weighted by molar-refractivity contribution is -0.101. The summed E-state index contributed by atoms with van der Waals surface area (Å²) in [5.74, 6) is 0. The summed E-state index contributed by atoms with van der Waals surface area (Å²) in [6.45, 7) is 5.38. The zero-order chi connectivity index (χ0) is 7.94. The van der Waals surface area contributed by atoms with Crippen molar-refractivity contribution in [3.8, 4) is 0 Å². The molecule has 0 amide bonds. The lowest BCUT2D eigenvalue weighted by Gasteiger charge is -2.23. The number of hydrogen-bond donors (Lipinski definition) is 1. The fourth-order valence-corrected chi connectivity index (χ4v) is 1.05. The van der Waals surface area contributed by atoms with Crippen molar-refractivity contribution in [2.75, 3.05) is 26.4 Å². The van der Waals surface area contributed by atoms with Crippen LogP contribution in [0, 0.1) is 0 Å². The number of hydrogen-bond acceptors (Lipinski definition) is 3. The van der Waals surface area contributed by atoms with Gasteiger partial charge in [-0.25, -0.2) is 0 Å². The van der Waals surface area contributed by atoms with Crippen molar-refractivity contribution in [1.82, 2.24) is 5.32 Å². The van der Waals surface area contributed by atoms with Crippen LogP contribution in [0.5, 0.6) is 0 Å². The first-order valence-electron chi connectivity index (χ1n) is 4.36. The quantitative estimate of drug-likeness (QED) is 0.614. The van der Waals surface area contributed by atoms with Crippen LogP contribution < -0.4 is 5.32 Å². The Morgan fingerprint density at radius 1 is 1.45 bits per heavy atom. The average Bonchev–Trinajstić information content (AvgIpc) is 2.07. The molecule has 0 spiro atoms. The van der Waals surface area contributed by atoms with E-state index in [1.807, 2.05) is 0 Å². The van der Waals surface area contributed by atoms with Crippen LogP contribution in [0.15, 0.2) is 0 Å². The van der Waals surface area contributed by atoms with Gasteiger partial charge in [-0.15, -0.1) is 0 Å². The van der Waals surface area contributed by atoms with Crippen LogP contribution in [0.1, 0.15) is 19.8 Å². The van der Waals surface area contributed by atoms with Crippen LogP contribution >= 0.6 is 0 Å². The van der Waals surface area contributed by atoms with Gasteiger partial charge in [0.05, 0.1) is 19.8 Å². The number of ether oxygens (including phenoxy) is 2. The van der Waals surface area contributed by atoms with Gasteiger partial charge in [-0.1, -0.05) is 13.3 Å². The molecule has 0 aliphatic carbocycles. The Morgan fingerprint density at radius 2 is 2.36 bits per heavy atom. The Labute approximate surface area is 68.1 Å². The summed E-state index contributed by atoms with van der Waals surface area (Å²) in [6.07, 6.45) is 2.57. The van der Waals surface area contributed by atoms with Crippen LogP contribution in [0.4, 0.5) is 0 Å². The molecule has 1 saturated heterocycles. The summed E-state index contributed by atoms with van der Waals surface area (Å²) in [5.41, 5.74) is 0. The first kappa shape index (κ1) is 8.97. The third kappa shape index (κ3) is 3.70. The molecule has 3 nitrogen and oxygen atoms in total. The molecular weight excluding hydrogens is 142 g/mol. The van der Waals surface area contributed by atoms with Gasteiger partial charge >= 0.3 is 0 Å². The second-order valence-electron chi connectivity index (χ2n) is 2.74. The molecule has 1 aliphatic heterocycles. The van der Waals surface area contributed by atoms with Gasteiger partial charge in [0, 0.05) is 0 Å². The summed E-state index contributed by atoms with van der Waals surface area (Å²) in [7, 11) is 0. The maximum absolute atomic E-state index is 5.39. The Hall–Kier alpha value is -0.120. The SMILES string of the molecule is CCCCNC1COCCO1. The Kier molecular flexibility index (Phi) is 4.50. The minimum absolute atomic E-state index is 0.135.